The summed E-state index contributed by atoms with van der Waals surface area (Å²) in [6, 6.07) is 8.08. The minimum atomic E-state index is -4.92. The summed E-state index contributed by atoms with van der Waals surface area (Å²) in [5.74, 6) is 0. The fourth-order valence-electron chi connectivity index (χ4n) is 2.55. The summed E-state index contributed by atoms with van der Waals surface area (Å²) in [4.78, 5) is 0. The maximum Gasteiger partial charge on any atom is 1.00 e. The van der Waals surface area contributed by atoms with Gasteiger partial charge >= 0.3 is 58.4 Å². The SMILES string of the molecule is F[B-](F)(F)c1ccc2c3c(cccc13)CC2.[K+]. The molecule has 0 fully saturated rings. The zero-order valence-corrected chi connectivity index (χ0v) is 12.6. The summed E-state index contributed by atoms with van der Waals surface area (Å²) < 4.78 is 38.6. The number of rotatable bonds is 1. The first-order valence-electron chi connectivity index (χ1n) is 5.31. The number of hydrogen-bond acceptors (Lipinski definition) is 0. The van der Waals surface area contributed by atoms with E-state index in [0.717, 1.165) is 29.4 Å². The molecule has 0 saturated carbocycles. The molecular formula is C12H9BF3K. The normalized spacial score (nSPS) is 13.8. The van der Waals surface area contributed by atoms with Crippen LogP contribution in [0.2, 0.25) is 0 Å². The second-order valence-electron chi connectivity index (χ2n) is 4.23. The van der Waals surface area contributed by atoms with E-state index < -0.39 is 12.4 Å². The van der Waals surface area contributed by atoms with E-state index in [9.17, 15) is 12.9 Å². The van der Waals surface area contributed by atoms with Crippen molar-refractivity contribution in [2.45, 2.75) is 12.8 Å². The van der Waals surface area contributed by atoms with Gasteiger partial charge in [-0.3, -0.25) is 0 Å². The van der Waals surface area contributed by atoms with Gasteiger partial charge in [0.15, 0.2) is 0 Å². The molecule has 0 spiro atoms. The van der Waals surface area contributed by atoms with Crippen LogP contribution < -0.4 is 56.8 Å². The molecule has 0 aliphatic heterocycles. The third kappa shape index (κ3) is 2.24. The minimum absolute atomic E-state index is 0. The Morgan fingerprint density at radius 3 is 2.18 bits per heavy atom. The van der Waals surface area contributed by atoms with Crippen molar-refractivity contribution in [3.05, 3.63) is 41.5 Å². The fraction of sp³-hybridized carbons (Fsp3) is 0.167. The van der Waals surface area contributed by atoms with E-state index in [-0.39, 0.29) is 51.4 Å². The molecule has 3 rings (SSSR count). The predicted octanol–water partition coefficient (Wildman–Crippen LogP) is -0.00320. The molecule has 0 unspecified atom stereocenters. The molecule has 0 radical (unpaired) electrons. The van der Waals surface area contributed by atoms with Crippen LogP contribution in [-0.4, -0.2) is 6.98 Å². The average molecular weight is 260 g/mol. The van der Waals surface area contributed by atoms with Crippen molar-refractivity contribution in [1.29, 1.82) is 0 Å². The smallest absolute Gasteiger partial charge is 0.445 e. The molecular weight excluding hydrogens is 251 g/mol. The van der Waals surface area contributed by atoms with Crippen LogP contribution in [-0.2, 0) is 12.8 Å². The van der Waals surface area contributed by atoms with E-state index in [1.54, 1.807) is 18.2 Å². The van der Waals surface area contributed by atoms with E-state index in [1.807, 2.05) is 6.07 Å². The van der Waals surface area contributed by atoms with E-state index in [4.69, 9.17) is 0 Å². The standard InChI is InChI=1S/C12H9BF3.K/c14-13(15,16)11-7-6-9-5-4-8-2-1-3-10(11)12(8)9;/h1-3,6-7H,4-5H2;/q-1;+1. The summed E-state index contributed by atoms with van der Waals surface area (Å²) in [7, 11) is 0. The van der Waals surface area contributed by atoms with Gasteiger partial charge in [-0.2, -0.15) is 0 Å². The summed E-state index contributed by atoms with van der Waals surface area (Å²) in [5, 5.41) is 1.21. The second kappa shape index (κ2) is 4.70. The molecule has 17 heavy (non-hydrogen) atoms. The van der Waals surface area contributed by atoms with Gasteiger partial charge in [0, 0.05) is 0 Å². The number of halogens is 3. The molecule has 0 aromatic heterocycles. The molecule has 0 saturated heterocycles. The largest absolute Gasteiger partial charge is 1.00 e. The van der Waals surface area contributed by atoms with Crippen molar-refractivity contribution in [2.75, 3.05) is 0 Å². The Bertz CT molecular complexity index is 567. The molecule has 1 aliphatic rings. The van der Waals surface area contributed by atoms with Gasteiger partial charge in [-0.25, -0.2) is 0 Å². The van der Waals surface area contributed by atoms with E-state index in [1.165, 1.54) is 6.07 Å². The fourth-order valence-corrected chi connectivity index (χ4v) is 2.55. The third-order valence-electron chi connectivity index (χ3n) is 3.26. The van der Waals surface area contributed by atoms with Crippen molar-refractivity contribution >= 4 is 23.2 Å². The quantitative estimate of drug-likeness (QED) is 0.633. The molecule has 0 nitrogen and oxygen atoms in total. The summed E-state index contributed by atoms with van der Waals surface area (Å²) in [6.45, 7) is -4.92. The maximum absolute atomic E-state index is 12.9. The van der Waals surface area contributed by atoms with Crippen molar-refractivity contribution in [3.63, 3.8) is 0 Å². The van der Waals surface area contributed by atoms with Crippen molar-refractivity contribution < 1.29 is 64.3 Å². The Hall–Kier alpha value is 0.191. The van der Waals surface area contributed by atoms with E-state index in [0.29, 0.717) is 5.39 Å². The second-order valence-corrected chi connectivity index (χ2v) is 4.23. The Kier molecular flexibility index (Phi) is 3.77. The minimum Gasteiger partial charge on any atom is -0.445 e. The van der Waals surface area contributed by atoms with E-state index in [2.05, 4.69) is 0 Å². The van der Waals surface area contributed by atoms with Crippen LogP contribution in [0.4, 0.5) is 12.9 Å². The zero-order chi connectivity index (χ0) is 11.3. The van der Waals surface area contributed by atoms with Gasteiger partial charge in [0.05, 0.1) is 0 Å². The molecule has 82 valence electrons. The van der Waals surface area contributed by atoms with Gasteiger partial charge in [-0.05, 0) is 34.7 Å². The Balaban J connectivity index is 0.00000108. The van der Waals surface area contributed by atoms with Crippen molar-refractivity contribution in [2.24, 2.45) is 0 Å². The molecule has 0 atom stereocenters. The van der Waals surface area contributed by atoms with Crippen LogP contribution in [0, 0.1) is 0 Å². The van der Waals surface area contributed by atoms with Crippen LogP contribution in [0.3, 0.4) is 0 Å². The Labute approximate surface area is 140 Å². The Morgan fingerprint density at radius 2 is 1.53 bits per heavy atom. The summed E-state index contributed by atoms with van der Waals surface area (Å²) >= 11 is 0. The first kappa shape index (κ1) is 13.6. The van der Waals surface area contributed by atoms with Gasteiger partial charge < -0.3 is 12.9 Å². The van der Waals surface area contributed by atoms with Crippen LogP contribution in [0.15, 0.2) is 30.3 Å². The topological polar surface area (TPSA) is 0 Å². The number of hydrogen-bond donors (Lipinski definition) is 0. The van der Waals surface area contributed by atoms with Gasteiger partial charge in [0.1, 0.15) is 0 Å². The molecule has 0 heterocycles. The van der Waals surface area contributed by atoms with Crippen LogP contribution in [0.1, 0.15) is 11.1 Å². The molecule has 0 amide bonds. The number of aryl methyl sites for hydroxylation is 2. The van der Waals surface area contributed by atoms with Gasteiger partial charge in [-0.15, -0.1) is 5.46 Å². The molecule has 0 N–H and O–H groups in total. The van der Waals surface area contributed by atoms with Gasteiger partial charge in [0.2, 0.25) is 0 Å². The predicted molar refractivity (Wildman–Crippen MR) is 60.1 cm³/mol. The van der Waals surface area contributed by atoms with Gasteiger partial charge in [-0.1, -0.05) is 30.3 Å². The Morgan fingerprint density at radius 1 is 0.882 bits per heavy atom. The molecule has 0 bridgehead atoms. The van der Waals surface area contributed by atoms with Gasteiger partial charge in [0.25, 0.3) is 0 Å². The first-order valence-corrected chi connectivity index (χ1v) is 5.31. The van der Waals surface area contributed by atoms with E-state index >= 15 is 0 Å². The molecule has 1 aliphatic carbocycles. The van der Waals surface area contributed by atoms with Crippen LogP contribution in [0.25, 0.3) is 10.8 Å². The third-order valence-corrected chi connectivity index (χ3v) is 3.26. The van der Waals surface area contributed by atoms with Crippen LogP contribution >= 0.6 is 0 Å². The number of benzene rings is 2. The molecule has 5 heteroatoms. The van der Waals surface area contributed by atoms with Crippen LogP contribution in [0.5, 0.6) is 0 Å². The average Bonchev–Trinajstić information content (AvgIpc) is 2.63. The molecule has 2 aromatic carbocycles. The zero-order valence-electron chi connectivity index (χ0n) is 9.51. The summed E-state index contributed by atoms with van der Waals surface area (Å²) in [5.41, 5.74) is 1.64. The molecule has 2 aromatic rings. The first-order chi connectivity index (χ1) is 7.57. The maximum atomic E-state index is 12.9. The summed E-state index contributed by atoms with van der Waals surface area (Å²) in [6.07, 6.45) is 1.72. The van der Waals surface area contributed by atoms with Crippen molar-refractivity contribution in [1.82, 2.24) is 0 Å². The van der Waals surface area contributed by atoms with Crippen molar-refractivity contribution in [3.8, 4) is 0 Å². The monoisotopic (exact) mass is 260 g/mol.